The highest BCUT2D eigenvalue weighted by atomic mass is 32.2. The van der Waals surface area contributed by atoms with Crippen molar-refractivity contribution >= 4 is 17.4 Å². The van der Waals surface area contributed by atoms with E-state index in [1.165, 1.54) is 16.8 Å². The molecule has 86 valence electrons. The average molecular weight is 241 g/mol. The van der Waals surface area contributed by atoms with Crippen LogP contribution in [0, 0.1) is 0 Å². The van der Waals surface area contributed by atoms with Crippen LogP contribution >= 0.6 is 11.8 Å². The van der Waals surface area contributed by atoms with E-state index in [9.17, 15) is 0 Å². The zero-order valence-electron chi connectivity index (χ0n) is 9.60. The van der Waals surface area contributed by atoms with Gasteiger partial charge < -0.3 is 5.32 Å². The van der Waals surface area contributed by atoms with Crippen LogP contribution in [0.2, 0.25) is 0 Å². The van der Waals surface area contributed by atoms with E-state index in [4.69, 9.17) is 0 Å². The lowest BCUT2D eigenvalue weighted by Crippen LogP contribution is -2.18. The van der Waals surface area contributed by atoms with Gasteiger partial charge in [-0.3, -0.25) is 0 Å². The molecule has 2 aromatic rings. The van der Waals surface area contributed by atoms with Crippen LogP contribution < -0.4 is 5.32 Å². The summed E-state index contributed by atoms with van der Waals surface area (Å²) in [7, 11) is 0. The van der Waals surface area contributed by atoms with Crippen LogP contribution in [0.3, 0.4) is 0 Å². The summed E-state index contributed by atoms with van der Waals surface area (Å²) in [4.78, 5) is 0. The van der Waals surface area contributed by atoms with E-state index in [2.05, 4.69) is 59.9 Å². The largest absolute Gasteiger partial charge is 0.377 e. The van der Waals surface area contributed by atoms with E-state index in [-0.39, 0.29) is 0 Å². The normalized spacial score (nSPS) is 18.5. The summed E-state index contributed by atoms with van der Waals surface area (Å²) in [5.41, 5.74) is 4.13. The van der Waals surface area contributed by atoms with Gasteiger partial charge in [0, 0.05) is 17.2 Å². The molecule has 1 aliphatic heterocycles. The molecule has 0 aromatic heterocycles. The zero-order chi connectivity index (χ0) is 11.5. The third-order valence-electron chi connectivity index (χ3n) is 3.09. The SMILES string of the molecule is c1ccc(NC2CSCc3ccccc32)cc1. The molecule has 0 amide bonds. The Labute approximate surface area is 106 Å². The van der Waals surface area contributed by atoms with Crippen LogP contribution in [0.1, 0.15) is 17.2 Å². The van der Waals surface area contributed by atoms with Crippen molar-refractivity contribution < 1.29 is 0 Å². The lowest BCUT2D eigenvalue weighted by molar-refractivity contribution is 0.871. The summed E-state index contributed by atoms with van der Waals surface area (Å²) in [5, 5.41) is 3.62. The number of thioether (sulfide) groups is 1. The first-order valence-electron chi connectivity index (χ1n) is 5.90. The molecule has 1 heterocycles. The predicted molar refractivity (Wildman–Crippen MR) is 75.4 cm³/mol. The second kappa shape index (κ2) is 4.84. The first-order valence-corrected chi connectivity index (χ1v) is 7.06. The molecular formula is C15H15NS. The third-order valence-corrected chi connectivity index (χ3v) is 4.17. The number of rotatable bonds is 2. The van der Waals surface area contributed by atoms with Crippen LogP contribution in [-0.4, -0.2) is 5.75 Å². The van der Waals surface area contributed by atoms with Crippen molar-refractivity contribution in [2.75, 3.05) is 11.1 Å². The van der Waals surface area contributed by atoms with E-state index < -0.39 is 0 Å². The van der Waals surface area contributed by atoms with Crippen molar-refractivity contribution in [1.82, 2.24) is 0 Å². The van der Waals surface area contributed by atoms with Gasteiger partial charge in [0.25, 0.3) is 0 Å². The number of fused-ring (bicyclic) bond motifs is 1. The summed E-state index contributed by atoms with van der Waals surface area (Å²) < 4.78 is 0. The van der Waals surface area contributed by atoms with Crippen LogP contribution in [-0.2, 0) is 5.75 Å². The molecule has 0 spiro atoms. The molecular weight excluding hydrogens is 226 g/mol. The predicted octanol–water partition coefficient (Wildman–Crippen LogP) is 4.09. The average Bonchev–Trinajstić information content (AvgIpc) is 2.40. The van der Waals surface area contributed by atoms with Crippen molar-refractivity contribution in [2.45, 2.75) is 11.8 Å². The van der Waals surface area contributed by atoms with E-state index >= 15 is 0 Å². The van der Waals surface area contributed by atoms with Gasteiger partial charge in [0.15, 0.2) is 0 Å². The number of benzene rings is 2. The van der Waals surface area contributed by atoms with E-state index in [0.717, 1.165) is 11.5 Å². The number of hydrogen-bond acceptors (Lipinski definition) is 2. The fourth-order valence-electron chi connectivity index (χ4n) is 2.24. The molecule has 1 N–H and O–H groups in total. The molecule has 1 aliphatic rings. The first-order chi connectivity index (χ1) is 8.43. The van der Waals surface area contributed by atoms with Crippen molar-refractivity contribution in [3.8, 4) is 0 Å². The van der Waals surface area contributed by atoms with Crippen molar-refractivity contribution in [1.29, 1.82) is 0 Å². The monoisotopic (exact) mass is 241 g/mol. The first kappa shape index (κ1) is 10.7. The van der Waals surface area contributed by atoms with Gasteiger partial charge in [-0.2, -0.15) is 11.8 Å². The maximum Gasteiger partial charge on any atom is 0.0607 e. The fourth-order valence-corrected chi connectivity index (χ4v) is 3.34. The van der Waals surface area contributed by atoms with Gasteiger partial charge in [-0.25, -0.2) is 0 Å². The van der Waals surface area contributed by atoms with Crippen LogP contribution in [0.15, 0.2) is 54.6 Å². The van der Waals surface area contributed by atoms with Crippen LogP contribution in [0.4, 0.5) is 5.69 Å². The van der Waals surface area contributed by atoms with Crippen molar-refractivity contribution in [2.24, 2.45) is 0 Å². The molecule has 17 heavy (non-hydrogen) atoms. The molecule has 0 fully saturated rings. The Balaban J connectivity index is 1.86. The summed E-state index contributed by atoms with van der Waals surface area (Å²) >= 11 is 2.00. The molecule has 1 nitrogen and oxygen atoms in total. The standard InChI is InChI=1S/C15H15NS/c1-2-7-13(8-3-1)16-15-11-17-10-12-6-4-5-9-14(12)15/h1-9,15-16H,10-11H2. The maximum atomic E-state index is 3.62. The number of anilines is 1. The summed E-state index contributed by atoms with van der Waals surface area (Å²) in [6.07, 6.45) is 0. The Hall–Kier alpha value is -1.41. The minimum absolute atomic E-state index is 0.437. The molecule has 0 bridgehead atoms. The van der Waals surface area contributed by atoms with Gasteiger partial charge in [0.05, 0.1) is 6.04 Å². The highest BCUT2D eigenvalue weighted by Crippen LogP contribution is 2.33. The number of para-hydroxylation sites is 1. The molecule has 0 aliphatic carbocycles. The Bertz CT molecular complexity index is 495. The molecule has 1 atom stereocenters. The molecule has 1 unspecified atom stereocenters. The molecule has 0 saturated heterocycles. The second-order valence-electron chi connectivity index (χ2n) is 4.28. The van der Waals surface area contributed by atoms with Crippen molar-refractivity contribution in [3.05, 3.63) is 65.7 Å². The van der Waals surface area contributed by atoms with Gasteiger partial charge >= 0.3 is 0 Å². The van der Waals surface area contributed by atoms with Gasteiger partial charge in [-0.1, -0.05) is 42.5 Å². The van der Waals surface area contributed by atoms with Crippen molar-refractivity contribution in [3.63, 3.8) is 0 Å². The third kappa shape index (κ3) is 2.32. The van der Waals surface area contributed by atoms with Crippen LogP contribution in [0.5, 0.6) is 0 Å². The van der Waals surface area contributed by atoms with Crippen LogP contribution in [0.25, 0.3) is 0 Å². The topological polar surface area (TPSA) is 12.0 Å². The summed E-state index contributed by atoms with van der Waals surface area (Å²) in [6, 6.07) is 19.6. The van der Waals surface area contributed by atoms with E-state index in [1.807, 2.05) is 11.8 Å². The van der Waals surface area contributed by atoms with Gasteiger partial charge in [0.2, 0.25) is 0 Å². The molecule has 0 saturated carbocycles. The molecule has 2 heteroatoms. The lowest BCUT2D eigenvalue weighted by Gasteiger charge is -2.26. The Morgan fingerprint density at radius 3 is 2.59 bits per heavy atom. The smallest absolute Gasteiger partial charge is 0.0607 e. The van der Waals surface area contributed by atoms with Gasteiger partial charge in [-0.15, -0.1) is 0 Å². The second-order valence-corrected chi connectivity index (χ2v) is 5.31. The Morgan fingerprint density at radius 2 is 1.71 bits per heavy atom. The molecule has 2 aromatic carbocycles. The quantitative estimate of drug-likeness (QED) is 0.850. The molecule has 3 rings (SSSR count). The highest BCUT2D eigenvalue weighted by molar-refractivity contribution is 7.98. The Kier molecular flexibility index (Phi) is 3.06. The number of hydrogen-bond donors (Lipinski definition) is 1. The highest BCUT2D eigenvalue weighted by Gasteiger charge is 2.19. The minimum Gasteiger partial charge on any atom is -0.377 e. The van der Waals surface area contributed by atoms with Gasteiger partial charge in [0.1, 0.15) is 0 Å². The van der Waals surface area contributed by atoms with E-state index in [0.29, 0.717) is 6.04 Å². The Morgan fingerprint density at radius 1 is 0.941 bits per heavy atom. The molecule has 0 radical (unpaired) electrons. The van der Waals surface area contributed by atoms with Gasteiger partial charge in [-0.05, 0) is 23.3 Å². The number of nitrogens with one attached hydrogen (secondary N) is 1. The zero-order valence-corrected chi connectivity index (χ0v) is 10.4. The maximum absolute atomic E-state index is 3.62. The summed E-state index contributed by atoms with van der Waals surface area (Å²) in [5.74, 6) is 2.29. The summed E-state index contributed by atoms with van der Waals surface area (Å²) in [6.45, 7) is 0. The minimum atomic E-state index is 0.437. The lowest BCUT2D eigenvalue weighted by atomic mass is 10.0. The van der Waals surface area contributed by atoms with E-state index in [1.54, 1.807) is 0 Å². The fraction of sp³-hybridized carbons (Fsp3) is 0.200.